The van der Waals surface area contributed by atoms with E-state index in [4.69, 9.17) is 11.5 Å². The van der Waals surface area contributed by atoms with Crippen molar-refractivity contribution in [2.75, 3.05) is 23.7 Å². The van der Waals surface area contributed by atoms with Gasteiger partial charge in [0, 0.05) is 19.1 Å². The maximum atomic E-state index is 10.7. The summed E-state index contributed by atoms with van der Waals surface area (Å²) in [4.78, 5) is 17.2. The quantitative estimate of drug-likeness (QED) is 0.796. The number of fused-ring (bicyclic) bond motifs is 1. The number of hydrogen-bond donors (Lipinski definition) is 2. The molecule has 1 atom stereocenters. The summed E-state index contributed by atoms with van der Waals surface area (Å²) in [6.07, 6.45) is 2.24. The lowest BCUT2D eigenvalue weighted by molar-refractivity contribution is 0.751. The van der Waals surface area contributed by atoms with Crippen LogP contribution in [-0.4, -0.2) is 33.7 Å². The largest absolute Gasteiger partial charge is 0.383 e. The van der Waals surface area contributed by atoms with Gasteiger partial charge in [-0.3, -0.25) is 0 Å². The number of nitrogens with zero attached hydrogens (tertiary/aromatic N) is 5. The molecule has 4 N–H and O–H groups in total. The lowest BCUT2D eigenvalue weighted by Gasteiger charge is -2.19. The Bertz CT molecular complexity index is 655. The van der Waals surface area contributed by atoms with E-state index < -0.39 is 0 Å². The van der Waals surface area contributed by atoms with Gasteiger partial charge in [-0.2, -0.15) is 9.61 Å². The van der Waals surface area contributed by atoms with Gasteiger partial charge >= 0.3 is 0 Å². The highest BCUT2D eigenvalue weighted by Crippen LogP contribution is 2.34. The predicted octanol–water partition coefficient (Wildman–Crippen LogP) is 1.01. The molecule has 2 aromatic heterocycles. The zero-order valence-corrected chi connectivity index (χ0v) is 11.5. The zero-order chi connectivity index (χ0) is 13.6. The van der Waals surface area contributed by atoms with Crippen LogP contribution in [0.2, 0.25) is 0 Å². The highest BCUT2D eigenvalue weighted by Gasteiger charge is 2.25. The second kappa shape index (κ2) is 4.42. The summed E-state index contributed by atoms with van der Waals surface area (Å²) in [6, 6.07) is 0.125. The smallest absolute Gasteiger partial charge is 0.189 e. The van der Waals surface area contributed by atoms with Crippen LogP contribution < -0.4 is 16.4 Å². The summed E-state index contributed by atoms with van der Waals surface area (Å²) in [5, 5.41) is 6.90. The van der Waals surface area contributed by atoms with Crippen LogP contribution in [0.15, 0.2) is 15.8 Å². The third kappa shape index (κ3) is 1.85. The van der Waals surface area contributed by atoms with Gasteiger partial charge in [0.05, 0.1) is 6.20 Å². The molecular formula is C10H12BrN7O. The van der Waals surface area contributed by atoms with Crippen molar-refractivity contribution >= 4 is 38.9 Å². The number of anilines is 2. The van der Waals surface area contributed by atoms with Crippen molar-refractivity contribution in [2.24, 2.45) is 10.9 Å². The average Bonchev–Trinajstić information content (AvgIpc) is 2.99. The van der Waals surface area contributed by atoms with E-state index in [0.717, 1.165) is 13.0 Å². The van der Waals surface area contributed by atoms with Gasteiger partial charge in [0.15, 0.2) is 11.3 Å². The Morgan fingerprint density at radius 1 is 1.53 bits per heavy atom. The number of nitrogen functional groups attached to an aromatic ring is 1. The molecular weight excluding hydrogens is 314 g/mol. The first-order valence-electron chi connectivity index (χ1n) is 5.78. The zero-order valence-electron chi connectivity index (χ0n) is 9.95. The van der Waals surface area contributed by atoms with Gasteiger partial charge in [0.1, 0.15) is 16.1 Å². The Kier molecular flexibility index (Phi) is 2.86. The summed E-state index contributed by atoms with van der Waals surface area (Å²) in [6.45, 7) is 1.51. The maximum absolute atomic E-state index is 10.7. The summed E-state index contributed by atoms with van der Waals surface area (Å²) >= 11 is 3.42. The molecule has 1 saturated heterocycles. The van der Waals surface area contributed by atoms with Gasteiger partial charge < -0.3 is 16.4 Å². The first-order valence-corrected chi connectivity index (χ1v) is 6.57. The number of rotatable bonds is 2. The van der Waals surface area contributed by atoms with E-state index in [1.54, 1.807) is 0 Å². The van der Waals surface area contributed by atoms with Crippen molar-refractivity contribution in [2.45, 2.75) is 12.5 Å². The number of nitroso groups, excluding NO2 is 1. The second-order valence-corrected chi connectivity index (χ2v) is 5.28. The van der Waals surface area contributed by atoms with Crippen molar-refractivity contribution in [3.05, 3.63) is 15.6 Å². The Labute approximate surface area is 116 Å². The summed E-state index contributed by atoms with van der Waals surface area (Å²) in [7, 11) is 0. The van der Waals surface area contributed by atoms with Crippen LogP contribution >= 0.6 is 15.9 Å². The van der Waals surface area contributed by atoms with E-state index in [-0.39, 0.29) is 11.7 Å². The molecule has 0 spiro atoms. The normalized spacial score (nSPS) is 19.3. The third-order valence-corrected chi connectivity index (χ3v) is 3.97. The first kappa shape index (κ1) is 12.3. The SMILES string of the molecule is Nc1c(Br)c(N2CC[C@H](N)C2)nc2c(N=O)cnn12. The Balaban J connectivity index is 2.18. The van der Waals surface area contributed by atoms with Crippen molar-refractivity contribution in [3.63, 3.8) is 0 Å². The van der Waals surface area contributed by atoms with E-state index in [0.29, 0.717) is 28.3 Å². The fraction of sp³-hybridized carbons (Fsp3) is 0.400. The first-order chi connectivity index (χ1) is 9.11. The number of hydrogen-bond acceptors (Lipinski definition) is 7. The second-order valence-electron chi connectivity index (χ2n) is 4.49. The molecule has 0 saturated carbocycles. The fourth-order valence-corrected chi connectivity index (χ4v) is 2.73. The van der Waals surface area contributed by atoms with Gasteiger partial charge in [0.25, 0.3) is 0 Å². The molecule has 1 aliphatic rings. The van der Waals surface area contributed by atoms with Crippen LogP contribution in [0.1, 0.15) is 6.42 Å². The lowest BCUT2D eigenvalue weighted by Crippen LogP contribution is -2.27. The molecule has 3 rings (SSSR count). The Hall–Kier alpha value is -1.74. The molecule has 9 heteroatoms. The molecule has 1 aliphatic heterocycles. The molecule has 0 unspecified atom stereocenters. The average molecular weight is 326 g/mol. The minimum Gasteiger partial charge on any atom is -0.383 e. The summed E-state index contributed by atoms with van der Waals surface area (Å²) in [5.74, 6) is 1.05. The highest BCUT2D eigenvalue weighted by molar-refractivity contribution is 9.10. The van der Waals surface area contributed by atoms with Gasteiger partial charge in [-0.1, -0.05) is 0 Å². The molecule has 2 aromatic rings. The maximum Gasteiger partial charge on any atom is 0.189 e. The van der Waals surface area contributed by atoms with Gasteiger partial charge in [0.2, 0.25) is 0 Å². The lowest BCUT2D eigenvalue weighted by atomic mass is 10.3. The van der Waals surface area contributed by atoms with Gasteiger partial charge in [-0.25, -0.2) is 4.98 Å². The van der Waals surface area contributed by atoms with Crippen LogP contribution in [0.4, 0.5) is 17.3 Å². The molecule has 3 heterocycles. The van der Waals surface area contributed by atoms with Crippen molar-refractivity contribution in [1.29, 1.82) is 0 Å². The highest BCUT2D eigenvalue weighted by atomic mass is 79.9. The van der Waals surface area contributed by atoms with Crippen molar-refractivity contribution in [1.82, 2.24) is 14.6 Å². The molecule has 0 aromatic carbocycles. The molecule has 0 bridgehead atoms. The molecule has 0 amide bonds. The fourth-order valence-electron chi connectivity index (χ4n) is 2.22. The molecule has 8 nitrogen and oxygen atoms in total. The van der Waals surface area contributed by atoms with E-state index in [1.165, 1.54) is 10.7 Å². The Morgan fingerprint density at radius 2 is 2.32 bits per heavy atom. The van der Waals surface area contributed by atoms with Gasteiger partial charge in [-0.15, -0.1) is 4.91 Å². The standard InChI is InChI=1S/C10H12BrN7O/c11-7-8(13)18-9(6(16-19)3-14-18)15-10(7)17-2-1-5(12)4-17/h3,5H,1-2,4,12-13H2/t5-/m0/s1. The van der Waals surface area contributed by atoms with Crippen LogP contribution in [0, 0.1) is 4.91 Å². The van der Waals surface area contributed by atoms with Crippen LogP contribution in [0.5, 0.6) is 0 Å². The number of aromatic nitrogens is 3. The predicted molar refractivity (Wildman–Crippen MR) is 75.4 cm³/mol. The number of halogens is 1. The minimum absolute atomic E-state index is 0.125. The van der Waals surface area contributed by atoms with E-state index in [9.17, 15) is 4.91 Å². The minimum atomic E-state index is 0.125. The molecule has 0 radical (unpaired) electrons. The summed E-state index contributed by atoms with van der Waals surface area (Å²) < 4.78 is 2.04. The van der Waals surface area contributed by atoms with Gasteiger partial charge in [-0.05, 0) is 27.5 Å². The van der Waals surface area contributed by atoms with Crippen LogP contribution in [0.3, 0.4) is 0 Å². The molecule has 100 valence electrons. The van der Waals surface area contributed by atoms with E-state index >= 15 is 0 Å². The molecule has 0 aliphatic carbocycles. The topological polar surface area (TPSA) is 115 Å². The van der Waals surface area contributed by atoms with Crippen LogP contribution in [0.25, 0.3) is 5.65 Å². The van der Waals surface area contributed by atoms with Crippen molar-refractivity contribution < 1.29 is 0 Å². The molecule has 1 fully saturated rings. The Morgan fingerprint density at radius 3 is 2.95 bits per heavy atom. The van der Waals surface area contributed by atoms with E-state index in [2.05, 4.69) is 31.2 Å². The van der Waals surface area contributed by atoms with Crippen molar-refractivity contribution in [3.8, 4) is 0 Å². The van der Waals surface area contributed by atoms with Crippen LogP contribution in [-0.2, 0) is 0 Å². The third-order valence-electron chi connectivity index (χ3n) is 3.21. The monoisotopic (exact) mass is 325 g/mol. The number of nitrogens with two attached hydrogens (primary N) is 2. The van der Waals surface area contributed by atoms with E-state index in [1.807, 2.05) is 4.90 Å². The molecule has 19 heavy (non-hydrogen) atoms. The summed E-state index contributed by atoms with van der Waals surface area (Å²) in [5.41, 5.74) is 12.4.